The number of aliphatic carboxylic acids is 1. The second-order valence-corrected chi connectivity index (χ2v) is 7.33. The summed E-state index contributed by atoms with van der Waals surface area (Å²) in [5, 5.41) is 12.7. The first kappa shape index (κ1) is 21.4. The molecular formula is C24H22ClNO4. The van der Waals surface area contributed by atoms with Crippen LogP contribution in [0.4, 0.5) is 5.69 Å². The number of rotatable bonds is 9. The lowest BCUT2D eigenvalue weighted by molar-refractivity contribution is -0.137. The number of carboxylic acid groups (broad SMARTS) is 1. The van der Waals surface area contributed by atoms with E-state index in [1.54, 1.807) is 24.3 Å². The monoisotopic (exact) mass is 423 g/mol. The molecule has 0 fully saturated rings. The smallest absolute Gasteiger partial charge is 0.303 e. The molecule has 6 heteroatoms. The SMILES string of the molecule is O=C(O)CC(CC(=O)Nc1ccc(OCc2ccc(Cl)cc2)cc1)c1ccccc1. The van der Waals surface area contributed by atoms with E-state index in [4.69, 9.17) is 16.3 Å². The minimum absolute atomic E-state index is 0.0884. The second-order valence-electron chi connectivity index (χ2n) is 6.90. The maximum atomic E-state index is 12.5. The number of halogens is 1. The maximum absolute atomic E-state index is 12.5. The molecule has 2 N–H and O–H groups in total. The molecule has 1 unspecified atom stereocenters. The summed E-state index contributed by atoms with van der Waals surface area (Å²) in [5.74, 6) is -0.875. The first-order valence-corrected chi connectivity index (χ1v) is 9.91. The van der Waals surface area contributed by atoms with Gasteiger partial charge in [0.2, 0.25) is 5.91 Å². The van der Waals surface area contributed by atoms with E-state index < -0.39 is 5.97 Å². The van der Waals surface area contributed by atoms with Crippen LogP contribution in [0.3, 0.4) is 0 Å². The highest BCUT2D eigenvalue weighted by molar-refractivity contribution is 6.30. The van der Waals surface area contributed by atoms with E-state index in [9.17, 15) is 14.7 Å². The van der Waals surface area contributed by atoms with Crippen LogP contribution < -0.4 is 10.1 Å². The van der Waals surface area contributed by atoms with Gasteiger partial charge in [-0.3, -0.25) is 9.59 Å². The standard InChI is InChI=1S/C24H22ClNO4/c25-20-8-6-17(7-9-20)16-30-22-12-10-21(11-13-22)26-23(27)14-19(15-24(28)29)18-4-2-1-3-5-18/h1-13,19H,14-16H2,(H,26,27)(H,28,29). The molecule has 1 atom stereocenters. The van der Waals surface area contributed by atoms with Gasteiger partial charge in [0, 0.05) is 23.0 Å². The van der Waals surface area contributed by atoms with Crippen molar-refractivity contribution in [2.75, 3.05) is 5.32 Å². The molecule has 3 aromatic carbocycles. The normalized spacial score (nSPS) is 11.5. The van der Waals surface area contributed by atoms with Crippen LogP contribution in [-0.4, -0.2) is 17.0 Å². The van der Waals surface area contributed by atoms with Crippen LogP contribution in [-0.2, 0) is 16.2 Å². The average molecular weight is 424 g/mol. The van der Waals surface area contributed by atoms with Crippen molar-refractivity contribution in [3.63, 3.8) is 0 Å². The van der Waals surface area contributed by atoms with Gasteiger partial charge >= 0.3 is 5.97 Å². The van der Waals surface area contributed by atoms with E-state index in [0.29, 0.717) is 23.1 Å². The number of hydrogen-bond donors (Lipinski definition) is 2. The molecule has 5 nitrogen and oxygen atoms in total. The lowest BCUT2D eigenvalue weighted by Crippen LogP contribution is -2.17. The van der Waals surface area contributed by atoms with E-state index >= 15 is 0 Å². The molecule has 0 heterocycles. The van der Waals surface area contributed by atoms with Crippen molar-refractivity contribution < 1.29 is 19.4 Å². The molecule has 3 aromatic rings. The first-order chi connectivity index (χ1) is 14.5. The Morgan fingerprint density at radius 3 is 2.20 bits per heavy atom. The zero-order chi connectivity index (χ0) is 21.3. The number of nitrogens with one attached hydrogen (secondary N) is 1. The molecule has 0 bridgehead atoms. The molecule has 154 valence electrons. The predicted octanol–water partition coefficient (Wildman–Crippen LogP) is 5.51. The van der Waals surface area contributed by atoms with Crippen LogP contribution in [0.5, 0.6) is 5.75 Å². The van der Waals surface area contributed by atoms with Crippen LogP contribution >= 0.6 is 11.6 Å². The van der Waals surface area contributed by atoms with Crippen molar-refractivity contribution in [3.8, 4) is 5.75 Å². The van der Waals surface area contributed by atoms with Gasteiger partial charge in [0.05, 0.1) is 6.42 Å². The van der Waals surface area contributed by atoms with Crippen molar-refractivity contribution in [2.24, 2.45) is 0 Å². The third-order valence-corrected chi connectivity index (χ3v) is 4.83. The van der Waals surface area contributed by atoms with Crippen LogP contribution in [0, 0.1) is 0 Å². The van der Waals surface area contributed by atoms with Gasteiger partial charge in [0.1, 0.15) is 12.4 Å². The maximum Gasteiger partial charge on any atom is 0.303 e. The summed E-state index contributed by atoms with van der Waals surface area (Å²) in [6.07, 6.45) is -0.0138. The molecule has 0 aliphatic heterocycles. The van der Waals surface area contributed by atoms with Crippen molar-refractivity contribution >= 4 is 29.2 Å². The second kappa shape index (κ2) is 10.5. The fourth-order valence-corrected chi connectivity index (χ4v) is 3.19. The molecule has 0 spiro atoms. The number of carboxylic acids is 1. The van der Waals surface area contributed by atoms with Gasteiger partial charge in [-0.25, -0.2) is 0 Å². The Labute approximate surface area is 180 Å². The number of ether oxygens (including phenoxy) is 1. The van der Waals surface area contributed by atoms with Crippen LogP contribution in [0.2, 0.25) is 5.02 Å². The van der Waals surface area contributed by atoms with Crippen LogP contribution in [0.25, 0.3) is 0 Å². The molecule has 0 radical (unpaired) electrons. The topological polar surface area (TPSA) is 75.6 Å². The number of carbonyl (C=O) groups is 2. The highest BCUT2D eigenvalue weighted by Crippen LogP contribution is 2.25. The Kier molecular flexibility index (Phi) is 7.46. The third kappa shape index (κ3) is 6.64. The first-order valence-electron chi connectivity index (χ1n) is 9.53. The minimum atomic E-state index is -0.932. The summed E-state index contributed by atoms with van der Waals surface area (Å²) in [6, 6.07) is 23.7. The molecule has 3 rings (SSSR count). The number of anilines is 1. The number of carbonyl (C=O) groups excluding carboxylic acids is 1. The Morgan fingerprint density at radius 1 is 0.900 bits per heavy atom. The lowest BCUT2D eigenvalue weighted by Gasteiger charge is -2.15. The summed E-state index contributed by atoms with van der Waals surface area (Å²) in [4.78, 5) is 23.6. The van der Waals surface area contributed by atoms with Gasteiger partial charge in [0.15, 0.2) is 0 Å². The zero-order valence-electron chi connectivity index (χ0n) is 16.3. The van der Waals surface area contributed by atoms with Crippen molar-refractivity contribution in [1.29, 1.82) is 0 Å². The van der Waals surface area contributed by atoms with E-state index in [1.165, 1.54) is 0 Å². The predicted molar refractivity (Wildman–Crippen MR) is 117 cm³/mol. The Morgan fingerprint density at radius 2 is 1.57 bits per heavy atom. The minimum Gasteiger partial charge on any atom is -0.489 e. The van der Waals surface area contributed by atoms with E-state index in [-0.39, 0.29) is 24.7 Å². The number of hydrogen-bond acceptors (Lipinski definition) is 3. The molecule has 0 aromatic heterocycles. The number of amides is 1. The van der Waals surface area contributed by atoms with Gasteiger partial charge in [-0.05, 0) is 47.5 Å². The Balaban J connectivity index is 1.55. The molecule has 1 amide bonds. The highest BCUT2D eigenvalue weighted by Gasteiger charge is 2.19. The molecule has 30 heavy (non-hydrogen) atoms. The van der Waals surface area contributed by atoms with Crippen LogP contribution in [0.15, 0.2) is 78.9 Å². The van der Waals surface area contributed by atoms with Crippen molar-refractivity contribution in [2.45, 2.75) is 25.4 Å². The summed E-state index contributed by atoms with van der Waals surface area (Å²) in [7, 11) is 0. The Bertz CT molecular complexity index is 972. The lowest BCUT2D eigenvalue weighted by atomic mass is 9.92. The van der Waals surface area contributed by atoms with Gasteiger partial charge < -0.3 is 15.2 Å². The molecule has 0 saturated heterocycles. The van der Waals surface area contributed by atoms with E-state index in [1.807, 2.05) is 54.6 Å². The van der Waals surface area contributed by atoms with Crippen molar-refractivity contribution in [3.05, 3.63) is 95.0 Å². The quantitative estimate of drug-likeness (QED) is 0.476. The molecular weight excluding hydrogens is 402 g/mol. The Hall–Kier alpha value is -3.31. The summed E-state index contributed by atoms with van der Waals surface area (Å²) < 4.78 is 5.74. The zero-order valence-corrected chi connectivity index (χ0v) is 17.0. The summed E-state index contributed by atoms with van der Waals surface area (Å²) >= 11 is 5.87. The molecule has 0 aliphatic rings. The summed E-state index contributed by atoms with van der Waals surface area (Å²) in [6.45, 7) is 0.414. The highest BCUT2D eigenvalue weighted by atomic mass is 35.5. The van der Waals surface area contributed by atoms with Crippen LogP contribution in [0.1, 0.15) is 29.9 Å². The van der Waals surface area contributed by atoms with E-state index in [2.05, 4.69) is 5.32 Å². The molecule has 0 aliphatic carbocycles. The van der Waals surface area contributed by atoms with Crippen molar-refractivity contribution in [1.82, 2.24) is 0 Å². The van der Waals surface area contributed by atoms with Gasteiger partial charge in [-0.1, -0.05) is 54.1 Å². The molecule has 0 saturated carbocycles. The van der Waals surface area contributed by atoms with E-state index in [0.717, 1.165) is 11.1 Å². The largest absolute Gasteiger partial charge is 0.489 e. The van der Waals surface area contributed by atoms with Gasteiger partial charge in [-0.2, -0.15) is 0 Å². The fourth-order valence-electron chi connectivity index (χ4n) is 3.06. The van der Waals surface area contributed by atoms with Gasteiger partial charge in [0.25, 0.3) is 0 Å². The van der Waals surface area contributed by atoms with Gasteiger partial charge in [-0.15, -0.1) is 0 Å². The summed E-state index contributed by atoms with van der Waals surface area (Å²) in [5.41, 5.74) is 2.46. The average Bonchev–Trinajstić information content (AvgIpc) is 2.74. The number of benzene rings is 3. The fraction of sp³-hybridized carbons (Fsp3) is 0.167. The third-order valence-electron chi connectivity index (χ3n) is 4.58.